The number of hydrogen-bond donors (Lipinski definition) is 2. The summed E-state index contributed by atoms with van der Waals surface area (Å²) in [5.41, 5.74) is 2.76. The first kappa shape index (κ1) is 17.1. The highest BCUT2D eigenvalue weighted by molar-refractivity contribution is 5.97. The molecule has 0 bridgehead atoms. The Morgan fingerprint density at radius 3 is 2.55 bits per heavy atom. The molecule has 3 heterocycles. The molecule has 5 rings (SSSR count). The molecular weight excluding hydrogens is 366 g/mol. The van der Waals surface area contributed by atoms with Crippen LogP contribution in [0, 0.1) is 0 Å². The first-order valence-electron chi connectivity index (χ1n) is 9.24. The largest absolute Gasteiger partial charge is 0.425 e. The molecule has 1 unspecified atom stereocenters. The van der Waals surface area contributed by atoms with E-state index in [2.05, 4.69) is 25.3 Å². The van der Waals surface area contributed by atoms with Crippen LogP contribution in [0.3, 0.4) is 0 Å². The van der Waals surface area contributed by atoms with Crippen LogP contribution < -0.4 is 10.9 Å². The maximum Gasteiger partial charge on any atom is 0.343 e. The second kappa shape index (κ2) is 6.87. The number of anilines is 1. The molecule has 0 saturated heterocycles. The molecule has 7 heteroatoms. The van der Waals surface area contributed by atoms with Gasteiger partial charge >= 0.3 is 5.63 Å². The number of fused-ring (bicyclic) bond motifs is 2. The highest BCUT2D eigenvalue weighted by Crippen LogP contribution is 2.35. The Balaban J connectivity index is 1.70. The minimum Gasteiger partial charge on any atom is -0.425 e. The molecule has 0 amide bonds. The maximum atomic E-state index is 12.7. The number of benzene rings is 2. The molecule has 5 aromatic rings. The third kappa shape index (κ3) is 2.93. The number of H-pyrrole nitrogens is 1. The number of aromatic nitrogens is 4. The van der Waals surface area contributed by atoms with Crippen LogP contribution in [0.25, 0.3) is 33.1 Å². The normalized spacial score (nSPS) is 12.3. The van der Waals surface area contributed by atoms with Gasteiger partial charge in [0.25, 0.3) is 0 Å². The van der Waals surface area contributed by atoms with Gasteiger partial charge in [0.05, 0.1) is 17.8 Å². The van der Waals surface area contributed by atoms with E-state index in [1.165, 1.54) is 6.33 Å². The molecule has 142 valence electrons. The third-order valence-corrected chi connectivity index (χ3v) is 4.89. The second-order valence-corrected chi connectivity index (χ2v) is 6.73. The Labute approximate surface area is 165 Å². The Morgan fingerprint density at radius 2 is 1.72 bits per heavy atom. The summed E-state index contributed by atoms with van der Waals surface area (Å²) < 4.78 is 5.81. The molecule has 29 heavy (non-hydrogen) atoms. The van der Waals surface area contributed by atoms with Crippen molar-refractivity contribution in [1.82, 2.24) is 19.9 Å². The van der Waals surface area contributed by atoms with Crippen LogP contribution in [0.15, 0.2) is 76.5 Å². The fourth-order valence-electron chi connectivity index (χ4n) is 3.57. The Hall–Kier alpha value is -4.00. The smallest absolute Gasteiger partial charge is 0.343 e. The molecule has 7 nitrogen and oxygen atoms in total. The quantitative estimate of drug-likeness (QED) is 0.480. The van der Waals surface area contributed by atoms with Crippen molar-refractivity contribution in [2.75, 3.05) is 5.32 Å². The van der Waals surface area contributed by atoms with E-state index in [4.69, 9.17) is 4.42 Å². The highest BCUT2D eigenvalue weighted by Gasteiger charge is 2.21. The molecule has 0 fully saturated rings. The van der Waals surface area contributed by atoms with E-state index in [-0.39, 0.29) is 11.7 Å². The van der Waals surface area contributed by atoms with Gasteiger partial charge in [-0.1, -0.05) is 48.5 Å². The first-order valence-corrected chi connectivity index (χ1v) is 9.24. The van der Waals surface area contributed by atoms with Gasteiger partial charge in [0.15, 0.2) is 11.5 Å². The number of imidazole rings is 1. The predicted octanol–water partition coefficient (Wildman–Crippen LogP) is 4.30. The fourth-order valence-corrected chi connectivity index (χ4v) is 3.57. The van der Waals surface area contributed by atoms with E-state index in [1.807, 2.05) is 55.5 Å². The second-order valence-electron chi connectivity index (χ2n) is 6.73. The zero-order valence-electron chi connectivity index (χ0n) is 15.6. The van der Waals surface area contributed by atoms with Crippen molar-refractivity contribution in [3.05, 3.63) is 83.4 Å². The molecule has 0 radical (unpaired) electrons. The molecule has 0 spiro atoms. The predicted molar refractivity (Wildman–Crippen MR) is 112 cm³/mol. The zero-order chi connectivity index (χ0) is 19.8. The van der Waals surface area contributed by atoms with Crippen molar-refractivity contribution < 1.29 is 4.42 Å². The summed E-state index contributed by atoms with van der Waals surface area (Å²) in [6.07, 6.45) is 3.03. The Kier molecular flexibility index (Phi) is 4.05. The van der Waals surface area contributed by atoms with Crippen LogP contribution >= 0.6 is 0 Å². The van der Waals surface area contributed by atoms with E-state index in [1.54, 1.807) is 12.4 Å². The minimum atomic E-state index is -0.364. The first-order chi connectivity index (χ1) is 14.2. The fraction of sp³-hybridized carbons (Fsp3) is 0.0909. The monoisotopic (exact) mass is 383 g/mol. The van der Waals surface area contributed by atoms with Crippen molar-refractivity contribution in [2.24, 2.45) is 0 Å². The molecule has 2 N–H and O–H groups in total. The van der Waals surface area contributed by atoms with Gasteiger partial charge in [-0.15, -0.1) is 0 Å². The molecular formula is C22H17N5O2. The minimum absolute atomic E-state index is 0.336. The Morgan fingerprint density at radius 1 is 0.966 bits per heavy atom. The number of nitrogens with one attached hydrogen (secondary N) is 2. The van der Waals surface area contributed by atoms with E-state index in [9.17, 15) is 4.79 Å². The molecule has 0 aliphatic rings. The van der Waals surface area contributed by atoms with Crippen molar-refractivity contribution in [3.63, 3.8) is 0 Å². The molecule has 0 saturated carbocycles. The van der Waals surface area contributed by atoms with Crippen LogP contribution in [0.4, 0.5) is 5.82 Å². The summed E-state index contributed by atoms with van der Waals surface area (Å²) in [6.45, 7) is 1.93. The highest BCUT2D eigenvalue weighted by atomic mass is 16.4. The van der Waals surface area contributed by atoms with Gasteiger partial charge in [-0.25, -0.2) is 19.7 Å². The summed E-state index contributed by atoms with van der Waals surface area (Å²) in [6, 6.07) is 17.1. The molecule has 1 atom stereocenters. The summed E-state index contributed by atoms with van der Waals surface area (Å²) in [5, 5.41) is 4.73. The lowest BCUT2D eigenvalue weighted by Gasteiger charge is -2.18. The topological polar surface area (TPSA) is 96.7 Å². The average Bonchev–Trinajstić information content (AvgIpc) is 3.24. The van der Waals surface area contributed by atoms with Crippen molar-refractivity contribution >= 4 is 27.8 Å². The SMILES string of the molecule is CC(Nc1ncnc2[nH]cnc12)c1oc(=O)c2ccccc2c1-c1ccccc1. The standard InChI is InChI=1S/C22H17N5O2/c1-13(27-21-18-20(24-11-23-18)25-12-26-21)19-17(14-7-3-2-4-8-14)15-9-5-6-10-16(15)22(28)29-19/h2-13H,1H3,(H2,23,24,25,26,27). The van der Waals surface area contributed by atoms with E-state index < -0.39 is 0 Å². The van der Waals surface area contributed by atoms with Gasteiger partial charge in [0.2, 0.25) is 0 Å². The van der Waals surface area contributed by atoms with Crippen molar-refractivity contribution in [2.45, 2.75) is 13.0 Å². The van der Waals surface area contributed by atoms with Crippen LogP contribution in [-0.2, 0) is 0 Å². The zero-order valence-corrected chi connectivity index (χ0v) is 15.6. The summed E-state index contributed by atoms with van der Waals surface area (Å²) in [4.78, 5) is 28.4. The van der Waals surface area contributed by atoms with Crippen LogP contribution in [-0.4, -0.2) is 19.9 Å². The van der Waals surface area contributed by atoms with Crippen molar-refractivity contribution in [3.8, 4) is 11.1 Å². The molecule has 0 aliphatic heterocycles. The van der Waals surface area contributed by atoms with Crippen LogP contribution in [0.1, 0.15) is 18.7 Å². The summed E-state index contributed by atoms with van der Waals surface area (Å²) >= 11 is 0. The molecule has 2 aromatic carbocycles. The van der Waals surface area contributed by atoms with E-state index in [0.29, 0.717) is 28.1 Å². The van der Waals surface area contributed by atoms with Gasteiger partial charge in [0.1, 0.15) is 17.6 Å². The molecule has 3 aromatic heterocycles. The number of aromatic amines is 1. The number of hydrogen-bond acceptors (Lipinski definition) is 6. The van der Waals surface area contributed by atoms with Gasteiger partial charge in [-0.2, -0.15) is 0 Å². The van der Waals surface area contributed by atoms with Crippen LogP contribution in [0.5, 0.6) is 0 Å². The van der Waals surface area contributed by atoms with Gasteiger partial charge in [-0.3, -0.25) is 0 Å². The van der Waals surface area contributed by atoms with Crippen LogP contribution in [0.2, 0.25) is 0 Å². The Bertz CT molecular complexity index is 1370. The van der Waals surface area contributed by atoms with Gasteiger partial charge < -0.3 is 14.7 Å². The average molecular weight is 383 g/mol. The molecule has 0 aliphatic carbocycles. The van der Waals surface area contributed by atoms with E-state index in [0.717, 1.165) is 16.5 Å². The maximum absolute atomic E-state index is 12.7. The summed E-state index contributed by atoms with van der Waals surface area (Å²) in [5.74, 6) is 1.11. The van der Waals surface area contributed by atoms with E-state index >= 15 is 0 Å². The summed E-state index contributed by atoms with van der Waals surface area (Å²) in [7, 11) is 0. The van der Waals surface area contributed by atoms with Gasteiger partial charge in [0, 0.05) is 10.9 Å². The van der Waals surface area contributed by atoms with Crippen molar-refractivity contribution in [1.29, 1.82) is 0 Å². The lowest BCUT2D eigenvalue weighted by atomic mass is 9.96. The third-order valence-electron chi connectivity index (χ3n) is 4.89. The number of rotatable bonds is 4. The lowest BCUT2D eigenvalue weighted by Crippen LogP contribution is -2.14. The lowest BCUT2D eigenvalue weighted by molar-refractivity contribution is 0.452. The van der Waals surface area contributed by atoms with Gasteiger partial charge in [-0.05, 0) is 18.6 Å². The number of nitrogens with zero attached hydrogens (tertiary/aromatic N) is 3.